The summed E-state index contributed by atoms with van der Waals surface area (Å²) >= 11 is 0. The summed E-state index contributed by atoms with van der Waals surface area (Å²) in [5, 5.41) is 11.6. The van der Waals surface area contributed by atoms with Crippen molar-refractivity contribution in [2.24, 2.45) is 0 Å². The van der Waals surface area contributed by atoms with Gasteiger partial charge in [-0.15, -0.1) is 0 Å². The molecule has 1 aromatic rings. The number of nitrogens with one attached hydrogen (secondary N) is 1. The van der Waals surface area contributed by atoms with Crippen LogP contribution in [0.25, 0.3) is 0 Å². The maximum atomic E-state index is 15.3. The van der Waals surface area contributed by atoms with Gasteiger partial charge in [0.05, 0.1) is 35.4 Å². The molecule has 1 aromatic carbocycles. The van der Waals surface area contributed by atoms with E-state index in [1.165, 1.54) is 6.92 Å². The summed E-state index contributed by atoms with van der Waals surface area (Å²) < 4.78 is 85.9. The first kappa shape index (κ1) is 11.8. The Morgan fingerprint density at radius 3 is 2.68 bits per heavy atom. The third kappa shape index (κ3) is 4.33. The summed E-state index contributed by atoms with van der Waals surface area (Å²) in [5.74, 6) is -3.30. The molecule has 2 aliphatic heterocycles. The van der Waals surface area contributed by atoms with E-state index in [1.54, 1.807) is 0 Å². The Kier molecular flexibility index (Phi) is 3.57. The molecule has 2 saturated heterocycles. The van der Waals surface area contributed by atoms with Gasteiger partial charge in [-0.25, -0.2) is 9.18 Å². The predicted molar refractivity (Wildman–Crippen MR) is 98.6 cm³/mol. The number of halogens is 1. The summed E-state index contributed by atoms with van der Waals surface area (Å²) in [4.78, 5) is 36.0. The van der Waals surface area contributed by atoms with Crippen molar-refractivity contribution in [1.29, 1.82) is 0 Å². The van der Waals surface area contributed by atoms with Crippen LogP contribution in [0.4, 0.5) is 20.6 Å². The molecular formula is C18H23FN4O5. The molecule has 1 atom stereocenters. The van der Waals surface area contributed by atoms with Crippen molar-refractivity contribution in [3.05, 3.63) is 24.0 Å². The van der Waals surface area contributed by atoms with Crippen molar-refractivity contribution in [3.8, 4) is 0 Å². The summed E-state index contributed by atoms with van der Waals surface area (Å²) in [6.07, 6.45) is -1.61. The predicted octanol–water partition coefficient (Wildman–Crippen LogP) is -0.0721. The first-order valence-electron chi connectivity index (χ1n) is 12.2. The van der Waals surface area contributed by atoms with Crippen LogP contribution in [0.1, 0.15) is 17.9 Å². The molecule has 9 nitrogen and oxygen atoms in total. The fourth-order valence-corrected chi connectivity index (χ4v) is 2.51. The summed E-state index contributed by atoms with van der Waals surface area (Å²) in [7, 11) is 0. The molecule has 2 N–H and O–H groups in total. The van der Waals surface area contributed by atoms with Crippen molar-refractivity contribution in [2.75, 3.05) is 55.5 Å². The second-order valence-electron chi connectivity index (χ2n) is 5.86. The van der Waals surface area contributed by atoms with Gasteiger partial charge in [0, 0.05) is 32.9 Å². The highest BCUT2D eigenvalue weighted by Gasteiger charge is 2.33. The van der Waals surface area contributed by atoms with Crippen molar-refractivity contribution in [2.45, 2.75) is 13.0 Å². The Balaban J connectivity index is 2.02. The minimum absolute atomic E-state index is 0.000442. The van der Waals surface area contributed by atoms with E-state index >= 15 is 4.39 Å². The van der Waals surface area contributed by atoms with Gasteiger partial charge in [-0.3, -0.25) is 14.5 Å². The van der Waals surface area contributed by atoms with Gasteiger partial charge in [0.25, 0.3) is 0 Å². The zero-order chi connectivity index (χ0) is 27.4. The molecule has 2 aliphatic rings. The zero-order valence-corrected chi connectivity index (χ0v) is 14.7. The van der Waals surface area contributed by atoms with E-state index in [1.807, 2.05) is 0 Å². The van der Waals surface area contributed by atoms with Crippen LogP contribution < -0.4 is 15.1 Å². The molecule has 0 aromatic heterocycles. The maximum absolute atomic E-state index is 15.3. The van der Waals surface area contributed by atoms with Crippen molar-refractivity contribution in [3.63, 3.8) is 0 Å². The molecule has 2 fully saturated rings. The molecule has 28 heavy (non-hydrogen) atoms. The molecule has 10 heteroatoms. The Morgan fingerprint density at radius 1 is 1.36 bits per heavy atom. The van der Waals surface area contributed by atoms with Gasteiger partial charge in [-0.1, -0.05) is 0 Å². The van der Waals surface area contributed by atoms with E-state index in [0.29, 0.717) is 0 Å². The number of piperazine rings is 1. The van der Waals surface area contributed by atoms with E-state index in [-0.39, 0.29) is 34.5 Å². The number of benzene rings is 1. The molecule has 0 unspecified atom stereocenters. The van der Waals surface area contributed by atoms with Crippen LogP contribution in [0, 0.1) is 5.82 Å². The van der Waals surface area contributed by atoms with Gasteiger partial charge < -0.3 is 25.0 Å². The average Bonchev–Trinajstić information content (AvgIpc) is 3.12. The third-order valence-electron chi connectivity index (χ3n) is 3.87. The van der Waals surface area contributed by atoms with E-state index in [0.717, 1.165) is 23.1 Å². The number of amides is 3. The fourth-order valence-electron chi connectivity index (χ4n) is 2.51. The quantitative estimate of drug-likeness (QED) is 0.715. The Labute approximate surface area is 172 Å². The van der Waals surface area contributed by atoms with Crippen molar-refractivity contribution in [1.82, 2.24) is 10.2 Å². The van der Waals surface area contributed by atoms with Crippen LogP contribution in [0.2, 0.25) is 0 Å². The molecule has 0 spiro atoms. The lowest BCUT2D eigenvalue weighted by atomic mass is 10.2. The van der Waals surface area contributed by atoms with Gasteiger partial charge in [0.2, 0.25) is 11.8 Å². The number of cyclic esters (lactones) is 1. The number of carbonyl (C=O) groups is 3. The second kappa shape index (κ2) is 8.42. The highest BCUT2D eigenvalue weighted by molar-refractivity contribution is 5.90. The molecular weight excluding hydrogens is 371 g/mol. The zero-order valence-electron chi connectivity index (χ0n) is 22.7. The minimum Gasteiger partial charge on any atom is -0.442 e. The van der Waals surface area contributed by atoms with Crippen LogP contribution in [-0.2, 0) is 14.3 Å². The maximum Gasteiger partial charge on any atom is 0.414 e. The number of hydrogen-bond donors (Lipinski definition) is 2. The molecule has 2 heterocycles. The van der Waals surface area contributed by atoms with E-state index in [2.05, 4.69) is 5.32 Å². The highest BCUT2D eigenvalue weighted by Crippen LogP contribution is 2.28. The fraction of sp³-hybridized carbons (Fsp3) is 0.500. The highest BCUT2D eigenvalue weighted by atomic mass is 19.1. The number of ether oxygens (including phenoxy) is 1. The van der Waals surface area contributed by atoms with Crippen LogP contribution in [-0.4, -0.2) is 79.7 Å². The van der Waals surface area contributed by atoms with Crippen molar-refractivity contribution >= 4 is 29.3 Å². The minimum atomic E-state index is -3.57. The number of aliphatic hydroxyl groups is 1. The van der Waals surface area contributed by atoms with Crippen LogP contribution in [0.15, 0.2) is 18.2 Å². The third-order valence-corrected chi connectivity index (χ3v) is 3.87. The van der Waals surface area contributed by atoms with Crippen LogP contribution >= 0.6 is 0 Å². The number of carbonyl (C=O) groups excluding carboxylic acids is 3. The first-order valence-corrected chi connectivity index (χ1v) is 8.17. The SMILES string of the molecule is [2H]C1([2H])N(C(=O)CO)C([2H])([2H])C([2H])([2H])N(c2ccc(N3C[C@H](CNC(C)=O)OC3=O)cc2F)C1([2H])[2H]. The lowest BCUT2D eigenvalue weighted by Crippen LogP contribution is -2.49. The molecule has 3 amide bonds. The standard InChI is InChI=1S/C18H23FN4O5/c1-12(25)20-9-14-10-23(18(27)28-14)13-2-3-16(15(19)8-13)21-4-6-22(7-5-21)17(26)11-24/h2-3,8,14,24H,4-7,9-11H2,1H3,(H,20,25)/t14-/m0/s1/i4D2,5D2,6D2,7D2. The van der Waals surface area contributed by atoms with Gasteiger partial charge >= 0.3 is 6.09 Å². The van der Waals surface area contributed by atoms with Crippen LogP contribution in [0.5, 0.6) is 0 Å². The summed E-state index contributed by atoms with van der Waals surface area (Å²) in [6.45, 7) is -14.4. The van der Waals surface area contributed by atoms with E-state index in [4.69, 9.17) is 20.8 Å². The lowest BCUT2D eigenvalue weighted by molar-refractivity contribution is -0.134. The average molecular weight is 402 g/mol. The first-order chi connectivity index (χ1) is 16.4. The van der Waals surface area contributed by atoms with E-state index in [9.17, 15) is 14.4 Å². The lowest BCUT2D eigenvalue weighted by Gasteiger charge is -2.36. The topological polar surface area (TPSA) is 102 Å². The van der Waals surface area contributed by atoms with Crippen molar-refractivity contribution < 1.29 is 39.6 Å². The number of rotatable bonds is 5. The molecule has 0 radical (unpaired) electrons. The molecule has 152 valence electrons. The van der Waals surface area contributed by atoms with Crippen LogP contribution in [0.3, 0.4) is 0 Å². The van der Waals surface area contributed by atoms with E-state index < -0.39 is 62.2 Å². The van der Waals surface area contributed by atoms with Gasteiger partial charge in [-0.2, -0.15) is 0 Å². The van der Waals surface area contributed by atoms with Gasteiger partial charge in [0.1, 0.15) is 18.5 Å². The Morgan fingerprint density at radius 2 is 2.07 bits per heavy atom. The van der Waals surface area contributed by atoms with Gasteiger partial charge in [0.15, 0.2) is 0 Å². The largest absolute Gasteiger partial charge is 0.442 e. The molecule has 0 bridgehead atoms. The summed E-state index contributed by atoms with van der Waals surface area (Å²) in [6, 6.07) is 2.67. The Bertz CT molecular complexity index is 1060. The monoisotopic (exact) mass is 402 g/mol. The number of anilines is 2. The smallest absolute Gasteiger partial charge is 0.414 e. The molecule has 0 aliphatic carbocycles. The number of nitrogens with zero attached hydrogens (tertiary/aromatic N) is 3. The normalized spacial score (nSPS) is 31.0. The number of aliphatic hydroxyl groups excluding tert-OH is 1. The molecule has 3 rings (SSSR count). The van der Waals surface area contributed by atoms with Gasteiger partial charge in [-0.05, 0) is 18.2 Å². The summed E-state index contributed by atoms with van der Waals surface area (Å²) in [5.41, 5.74) is -0.965. The molecule has 0 saturated carbocycles. The Hall–Kier alpha value is -2.88. The number of hydrogen-bond acceptors (Lipinski definition) is 6. The second-order valence-corrected chi connectivity index (χ2v) is 5.86.